The van der Waals surface area contributed by atoms with Crippen LogP contribution in [0.4, 0.5) is 4.79 Å². The molecule has 0 aliphatic carbocycles. The summed E-state index contributed by atoms with van der Waals surface area (Å²) < 4.78 is 11.4. The molecular formula is C25H28N2O3S. The summed E-state index contributed by atoms with van der Waals surface area (Å²) in [5.74, 6) is 1.17. The third-order valence-electron chi connectivity index (χ3n) is 5.93. The molecular weight excluding hydrogens is 408 g/mol. The number of carbonyl (C=O) groups is 1. The van der Waals surface area contributed by atoms with Crippen molar-refractivity contribution in [1.29, 1.82) is 0 Å². The zero-order valence-electron chi connectivity index (χ0n) is 18.0. The number of likely N-dealkylation sites (tertiary alicyclic amines) is 1. The predicted octanol–water partition coefficient (Wildman–Crippen LogP) is 5.51. The van der Waals surface area contributed by atoms with Gasteiger partial charge in [-0.3, -0.25) is 0 Å². The fourth-order valence-electron chi connectivity index (χ4n) is 3.87. The maximum Gasteiger partial charge on any atom is 0.410 e. The first-order chi connectivity index (χ1) is 15.0. The molecule has 0 bridgehead atoms. The van der Waals surface area contributed by atoms with Crippen molar-refractivity contribution in [2.75, 3.05) is 19.7 Å². The maximum absolute atomic E-state index is 12.2. The van der Waals surface area contributed by atoms with Crippen LogP contribution in [0.25, 0.3) is 0 Å². The molecule has 2 aromatic carbocycles. The highest BCUT2D eigenvalue weighted by Crippen LogP contribution is 2.32. The Bertz CT molecular complexity index is 972. The van der Waals surface area contributed by atoms with Gasteiger partial charge in [0.15, 0.2) is 0 Å². The minimum atomic E-state index is -0.275. The highest BCUT2D eigenvalue weighted by atomic mass is 32.1. The summed E-state index contributed by atoms with van der Waals surface area (Å²) in [6.07, 6.45) is 0.647. The molecule has 1 unspecified atom stereocenters. The Morgan fingerprint density at radius 3 is 2.58 bits per heavy atom. The number of hydrogen-bond donors (Lipinski definition) is 0. The van der Waals surface area contributed by atoms with Crippen LogP contribution in [0.5, 0.6) is 5.75 Å². The zero-order valence-corrected chi connectivity index (χ0v) is 18.8. The number of thiazole rings is 1. The molecule has 1 amide bonds. The number of hydrogen-bond acceptors (Lipinski definition) is 5. The van der Waals surface area contributed by atoms with Gasteiger partial charge in [0, 0.05) is 29.8 Å². The van der Waals surface area contributed by atoms with Crippen molar-refractivity contribution in [2.24, 2.45) is 5.92 Å². The average Bonchev–Trinajstić information content (AvgIpc) is 3.49. The second-order valence-corrected chi connectivity index (χ2v) is 9.18. The fraction of sp³-hybridized carbons (Fsp3) is 0.360. The molecule has 4 rings (SSSR count). The first kappa shape index (κ1) is 21.4. The minimum Gasteiger partial charge on any atom is -0.493 e. The fourth-order valence-corrected chi connectivity index (χ4v) is 4.42. The first-order valence-electron chi connectivity index (χ1n) is 10.6. The molecule has 162 valence electrons. The van der Waals surface area contributed by atoms with Gasteiger partial charge in [-0.2, -0.15) is 0 Å². The number of benzene rings is 2. The Labute approximate surface area is 187 Å². The Balaban J connectivity index is 1.26. The monoisotopic (exact) mass is 436 g/mol. The Morgan fingerprint density at radius 2 is 1.87 bits per heavy atom. The first-order valence-corrected chi connectivity index (χ1v) is 11.5. The molecule has 1 atom stereocenters. The molecule has 1 aliphatic rings. The molecule has 2 heterocycles. The number of rotatable bonds is 7. The van der Waals surface area contributed by atoms with Crippen molar-refractivity contribution in [3.63, 3.8) is 0 Å². The van der Waals surface area contributed by atoms with Crippen molar-refractivity contribution < 1.29 is 14.3 Å². The quantitative estimate of drug-likeness (QED) is 0.490. The predicted molar refractivity (Wildman–Crippen MR) is 122 cm³/mol. The van der Waals surface area contributed by atoms with Gasteiger partial charge in [-0.25, -0.2) is 9.78 Å². The molecule has 1 aromatic heterocycles. The van der Waals surface area contributed by atoms with Gasteiger partial charge in [-0.1, -0.05) is 56.3 Å². The van der Waals surface area contributed by atoms with E-state index in [-0.39, 0.29) is 18.1 Å². The number of amides is 1. The molecule has 0 radical (unpaired) electrons. The standard InChI is InChI=1S/C25H28N2O3S/c1-25(2,20-6-4-3-5-7-20)21-8-10-23(11-9-21)29-15-19-12-13-27(14-19)24(28)30-16-22-17-31-18-26-22/h3-11,17-19H,12-16H2,1-2H3. The van der Waals surface area contributed by atoms with E-state index >= 15 is 0 Å². The molecule has 0 spiro atoms. The summed E-state index contributed by atoms with van der Waals surface area (Å²) >= 11 is 1.50. The summed E-state index contributed by atoms with van der Waals surface area (Å²) in [5.41, 5.74) is 5.00. The molecule has 1 aliphatic heterocycles. The average molecular weight is 437 g/mol. The number of nitrogens with zero attached hydrogens (tertiary/aromatic N) is 2. The Morgan fingerprint density at radius 1 is 1.13 bits per heavy atom. The summed E-state index contributed by atoms with van der Waals surface area (Å²) in [6, 6.07) is 18.9. The molecule has 1 fully saturated rings. The van der Waals surface area contributed by atoms with Gasteiger partial charge in [-0.05, 0) is 29.7 Å². The van der Waals surface area contributed by atoms with Gasteiger partial charge < -0.3 is 14.4 Å². The maximum atomic E-state index is 12.2. The third-order valence-corrected chi connectivity index (χ3v) is 6.56. The summed E-state index contributed by atoms with van der Waals surface area (Å²) in [6.45, 7) is 6.66. The minimum absolute atomic E-state index is 0.0648. The normalized spacial score (nSPS) is 16.3. The number of carbonyl (C=O) groups excluding carboxylic acids is 1. The van der Waals surface area contributed by atoms with Crippen molar-refractivity contribution in [3.8, 4) is 5.75 Å². The second kappa shape index (κ2) is 9.52. The van der Waals surface area contributed by atoms with Crippen LogP contribution < -0.4 is 4.74 Å². The lowest BCUT2D eigenvalue weighted by Gasteiger charge is -2.26. The van der Waals surface area contributed by atoms with Crippen LogP contribution in [0.1, 0.15) is 37.1 Å². The van der Waals surface area contributed by atoms with Crippen molar-refractivity contribution in [1.82, 2.24) is 9.88 Å². The third kappa shape index (κ3) is 5.25. The topological polar surface area (TPSA) is 51.7 Å². The summed E-state index contributed by atoms with van der Waals surface area (Å²) in [7, 11) is 0. The molecule has 0 N–H and O–H groups in total. The van der Waals surface area contributed by atoms with Crippen LogP contribution in [-0.4, -0.2) is 35.7 Å². The van der Waals surface area contributed by atoms with Crippen LogP contribution in [0.3, 0.4) is 0 Å². The molecule has 5 nitrogen and oxygen atoms in total. The highest BCUT2D eigenvalue weighted by molar-refractivity contribution is 7.07. The van der Waals surface area contributed by atoms with E-state index in [0.717, 1.165) is 17.9 Å². The van der Waals surface area contributed by atoms with Crippen LogP contribution in [-0.2, 0) is 16.8 Å². The SMILES string of the molecule is CC(C)(c1ccccc1)c1ccc(OCC2CCN(C(=O)OCc3cscn3)C2)cc1. The van der Waals surface area contributed by atoms with Gasteiger partial charge in [-0.15, -0.1) is 11.3 Å². The van der Waals surface area contributed by atoms with Gasteiger partial charge in [0.05, 0.1) is 17.8 Å². The second-order valence-electron chi connectivity index (χ2n) is 8.46. The van der Waals surface area contributed by atoms with E-state index in [2.05, 4.69) is 55.2 Å². The Kier molecular flexibility index (Phi) is 6.56. The Hall–Kier alpha value is -2.86. The van der Waals surface area contributed by atoms with E-state index in [4.69, 9.17) is 9.47 Å². The smallest absolute Gasteiger partial charge is 0.410 e. The van der Waals surface area contributed by atoms with Crippen LogP contribution in [0, 0.1) is 5.92 Å². The van der Waals surface area contributed by atoms with E-state index in [1.54, 1.807) is 10.4 Å². The highest BCUT2D eigenvalue weighted by Gasteiger charge is 2.28. The lowest BCUT2D eigenvalue weighted by atomic mass is 9.78. The van der Waals surface area contributed by atoms with E-state index in [9.17, 15) is 4.79 Å². The zero-order chi connectivity index (χ0) is 21.7. The van der Waals surface area contributed by atoms with Gasteiger partial charge in [0.1, 0.15) is 12.4 Å². The molecule has 6 heteroatoms. The van der Waals surface area contributed by atoms with E-state index in [1.807, 2.05) is 23.6 Å². The van der Waals surface area contributed by atoms with Crippen molar-refractivity contribution in [3.05, 3.63) is 82.3 Å². The van der Waals surface area contributed by atoms with Gasteiger partial charge in [0.2, 0.25) is 0 Å². The summed E-state index contributed by atoms with van der Waals surface area (Å²) in [5, 5.41) is 1.89. The van der Waals surface area contributed by atoms with Crippen LogP contribution in [0.15, 0.2) is 65.5 Å². The van der Waals surface area contributed by atoms with E-state index in [1.165, 1.54) is 22.5 Å². The molecule has 3 aromatic rings. The van der Waals surface area contributed by atoms with E-state index < -0.39 is 0 Å². The lowest BCUT2D eigenvalue weighted by molar-refractivity contribution is 0.101. The largest absolute Gasteiger partial charge is 0.493 e. The summed E-state index contributed by atoms with van der Waals surface area (Å²) in [4.78, 5) is 18.1. The van der Waals surface area contributed by atoms with Crippen LogP contribution in [0.2, 0.25) is 0 Å². The van der Waals surface area contributed by atoms with Crippen molar-refractivity contribution in [2.45, 2.75) is 32.3 Å². The molecule has 0 saturated carbocycles. The van der Waals surface area contributed by atoms with Crippen molar-refractivity contribution >= 4 is 17.4 Å². The van der Waals surface area contributed by atoms with Gasteiger partial charge >= 0.3 is 6.09 Å². The lowest BCUT2D eigenvalue weighted by Crippen LogP contribution is -2.30. The number of aromatic nitrogens is 1. The molecule has 31 heavy (non-hydrogen) atoms. The number of ether oxygens (including phenoxy) is 2. The molecule has 1 saturated heterocycles. The van der Waals surface area contributed by atoms with Crippen LogP contribution >= 0.6 is 11.3 Å². The van der Waals surface area contributed by atoms with E-state index in [0.29, 0.717) is 25.6 Å². The van der Waals surface area contributed by atoms with Gasteiger partial charge in [0.25, 0.3) is 0 Å².